The van der Waals surface area contributed by atoms with Crippen LogP contribution in [0.1, 0.15) is 10.5 Å². The number of pyridine rings is 1. The van der Waals surface area contributed by atoms with Crippen LogP contribution in [0, 0.1) is 11.3 Å². The smallest absolute Gasteiger partial charge is 0.275 e. The van der Waals surface area contributed by atoms with Crippen LogP contribution < -0.4 is 5.43 Å². The Morgan fingerprint density at radius 3 is 2.88 bits per heavy atom. The lowest BCUT2D eigenvalue weighted by Crippen LogP contribution is -2.41. The van der Waals surface area contributed by atoms with Crippen molar-refractivity contribution in [3.63, 3.8) is 0 Å². The number of nitriles is 1. The molecule has 2 heterocycles. The number of nitrogens with zero attached hydrogens (tertiary/aromatic N) is 3. The minimum absolute atomic E-state index is 0.0333. The van der Waals surface area contributed by atoms with E-state index in [2.05, 4.69) is 0 Å². The third-order valence-corrected chi connectivity index (χ3v) is 2.51. The van der Waals surface area contributed by atoms with E-state index in [4.69, 9.17) is 5.26 Å². The molecule has 0 aliphatic carbocycles. The minimum atomic E-state index is -0.585. The van der Waals surface area contributed by atoms with Gasteiger partial charge in [-0.05, 0) is 0 Å². The Labute approximate surface area is 90.9 Å². The molecule has 1 aliphatic heterocycles. The second-order valence-electron chi connectivity index (χ2n) is 3.46. The molecule has 1 aromatic heterocycles. The zero-order valence-electron chi connectivity index (χ0n) is 8.38. The summed E-state index contributed by atoms with van der Waals surface area (Å²) in [6.45, 7) is 0.833. The first-order chi connectivity index (χ1) is 7.65. The maximum Gasteiger partial charge on any atom is 0.275 e. The molecule has 82 valence electrons. The molecule has 16 heavy (non-hydrogen) atoms. The molecule has 0 aromatic carbocycles. The van der Waals surface area contributed by atoms with Gasteiger partial charge in [0.05, 0.1) is 6.07 Å². The molecule has 0 spiro atoms. The number of fused-ring (bicyclic) bond motifs is 1. The molecule has 0 radical (unpaired) electrons. The second-order valence-corrected chi connectivity index (χ2v) is 3.46. The quantitative estimate of drug-likeness (QED) is 0.647. The van der Waals surface area contributed by atoms with Gasteiger partial charge >= 0.3 is 0 Å². The van der Waals surface area contributed by atoms with Crippen LogP contribution in [0.5, 0.6) is 5.75 Å². The summed E-state index contributed by atoms with van der Waals surface area (Å²) in [5.41, 5.74) is -0.618. The number of amides is 1. The molecular formula is C10H9N3O3. The molecule has 2 rings (SSSR count). The van der Waals surface area contributed by atoms with Gasteiger partial charge in [-0.1, -0.05) is 0 Å². The van der Waals surface area contributed by atoms with Crippen LogP contribution >= 0.6 is 0 Å². The summed E-state index contributed by atoms with van der Waals surface area (Å²) >= 11 is 0. The van der Waals surface area contributed by atoms with E-state index in [0.717, 1.165) is 0 Å². The van der Waals surface area contributed by atoms with Crippen molar-refractivity contribution in [2.75, 3.05) is 13.1 Å². The van der Waals surface area contributed by atoms with Gasteiger partial charge < -0.3 is 14.6 Å². The minimum Gasteiger partial charge on any atom is -0.503 e. The number of aromatic nitrogens is 1. The van der Waals surface area contributed by atoms with Crippen molar-refractivity contribution in [3.05, 3.63) is 28.2 Å². The second kappa shape index (κ2) is 3.70. The molecule has 1 aromatic rings. The highest BCUT2D eigenvalue weighted by molar-refractivity contribution is 5.95. The lowest BCUT2D eigenvalue weighted by Gasteiger charge is -2.28. The SMILES string of the molecule is N#CCN1CCn2ccc(=O)c(O)c2C1=O. The van der Waals surface area contributed by atoms with E-state index in [9.17, 15) is 14.7 Å². The Hall–Kier alpha value is -2.29. The summed E-state index contributed by atoms with van der Waals surface area (Å²) in [6, 6.07) is 3.08. The van der Waals surface area contributed by atoms with E-state index in [-0.39, 0.29) is 12.2 Å². The van der Waals surface area contributed by atoms with Gasteiger partial charge in [0.1, 0.15) is 6.54 Å². The van der Waals surface area contributed by atoms with Crippen molar-refractivity contribution in [3.8, 4) is 11.8 Å². The van der Waals surface area contributed by atoms with Gasteiger partial charge in [0.25, 0.3) is 5.91 Å². The third kappa shape index (κ3) is 1.42. The number of carbonyl (C=O) groups is 1. The predicted octanol–water partition coefficient (Wildman–Crippen LogP) is -0.467. The molecule has 1 N–H and O–H groups in total. The lowest BCUT2D eigenvalue weighted by molar-refractivity contribution is 0.0720. The number of carbonyl (C=O) groups excluding carboxylic acids is 1. The first-order valence-electron chi connectivity index (χ1n) is 4.74. The summed E-state index contributed by atoms with van der Waals surface area (Å²) in [7, 11) is 0. The zero-order chi connectivity index (χ0) is 11.7. The highest BCUT2D eigenvalue weighted by atomic mass is 16.3. The normalized spacial score (nSPS) is 14.4. The van der Waals surface area contributed by atoms with Crippen LogP contribution in [0.2, 0.25) is 0 Å². The van der Waals surface area contributed by atoms with Crippen molar-refractivity contribution in [2.24, 2.45) is 0 Å². The standard InChI is InChI=1S/C10H9N3O3/c11-2-4-13-6-5-12-3-1-7(14)9(15)8(12)10(13)16/h1,3,15H,4-6H2. The molecule has 6 heteroatoms. The fraction of sp³-hybridized carbons (Fsp3) is 0.300. The molecule has 6 nitrogen and oxygen atoms in total. The van der Waals surface area contributed by atoms with Crippen LogP contribution in [-0.4, -0.2) is 33.6 Å². The Kier molecular flexibility index (Phi) is 2.37. The van der Waals surface area contributed by atoms with Crippen molar-refractivity contribution < 1.29 is 9.90 Å². The van der Waals surface area contributed by atoms with Gasteiger partial charge in [-0.15, -0.1) is 0 Å². The number of hydrogen-bond acceptors (Lipinski definition) is 4. The number of rotatable bonds is 1. The van der Waals surface area contributed by atoms with E-state index in [1.54, 1.807) is 0 Å². The van der Waals surface area contributed by atoms with E-state index < -0.39 is 17.1 Å². The van der Waals surface area contributed by atoms with Gasteiger partial charge in [-0.3, -0.25) is 9.59 Å². The largest absolute Gasteiger partial charge is 0.503 e. The predicted molar refractivity (Wildman–Crippen MR) is 53.9 cm³/mol. The van der Waals surface area contributed by atoms with Crippen LogP contribution in [0.4, 0.5) is 0 Å². The summed E-state index contributed by atoms with van der Waals surface area (Å²) in [5, 5.41) is 18.1. The maximum absolute atomic E-state index is 11.8. The Morgan fingerprint density at radius 1 is 1.44 bits per heavy atom. The van der Waals surface area contributed by atoms with Gasteiger partial charge in [0, 0.05) is 25.4 Å². The van der Waals surface area contributed by atoms with Crippen molar-refractivity contribution in [1.82, 2.24) is 9.47 Å². The molecule has 1 amide bonds. The molecule has 0 bridgehead atoms. The van der Waals surface area contributed by atoms with Crippen LogP contribution in [0.25, 0.3) is 0 Å². The summed E-state index contributed by atoms with van der Waals surface area (Å²) < 4.78 is 1.52. The summed E-state index contributed by atoms with van der Waals surface area (Å²) in [5.74, 6) is -1.03. The average molecular weight is 219 g/mol. The van der Waals surface area contributed by atoms with Gasteiger partial charge in [0.2, 0.25) is 5.43 Å². The lowest BCUT2D eigenvalue weighted by atomic mass is 10.2. The van der Waals surface area contributed by atoms with Crippen LogP contribution in [0.3, 0.4) is 0 Å². The zero-order valence-corrected chi connectivity index (χ0v) is 8.38. The van der Waals surface area contributed by atoms with Crippen LogP contribution in [0.15, 0.2) is 17.1 Å². The van der Waals surface area contributed by atoms with Crippen molar-refractivity contribution >= 4 is 5.91 Å². The molecular weight excluding hydrogens is 210 g/mol. The van der Waals surface area contributed by atoms with E-state index in [1.165, 1.54) is 21.7 Å². The molecule has 0 fully saturated rings. The fourth-order valence-electron chi connectivity index (χ4n) is 1.69. The van der Waals surface area contributed by atoms with Gasteiger partial charge in [-0.25, -0.2) is 0 Å². The Balaban J connectivity index is 2.52. The average Bonchev–Trinajstić information content (AvgIpc) is 2.27. The maximum atomic E-state index is 11.8. The van der Waals surface area contributed by atoms with Crippen molar-refractivity contribution in [2.45, 2.75) is 6.54 Å². The third-order valence-electron chi connectivity index (χ3n) is 2.51. The fourth-order valence-corrected chi connectivity index (χ4v) is 1.69. The van der Waals surface area contributed by atoms with Crippen molar-refractivity contribution in [1.29, 1.82) is 5.26 Å². The van der Waals surface area contributed by atoms with E-state index in [0.29, 0.717) is 13.1 Å². The van der Waals surface area contributed by atoms with Gasteiger partial charge in [0.15, 0.2) is 11.4 Å². The first-order valence-corrected chi connectivity index (χ1v) is 4.74. The van der Waals surface area contributed by atoms with E-state index in [1.807, 2.05) is 6.07 Å². The Bertz CT molecular complexity index is 541. The highest BCUT2D eigenvalue weighted by Crippen LogP contribution is 2.18. The number of hydrogen-bond donors (Lipinski definition) is 1. The van der Waals surface area contributed by atoms with Gasteiger partial charge in [-0.2, -0.15) is 5.26 Å². The number of aromatic hydroxyl groups is 1. The molecule has 0 saturated heterocycles. The summed E-state index contributed by atoms with van der Waals surface area (Å²) in [4.78, 5) is 24.3. The topological polar surface area (TPSA) is 86.3 Å². The van der Waals surface area contributed by atoms with E-state index >= 15 is 0 Å². The molecule has 1 aliphatic rings. The monoisotopic (exact) mass is 219 g/mol. The molecule has 0 atom stereocenters. The summed E-state index contributed by atoms with van der Waals surface area (Å²) in [6.07, 6.45) is 1.47. The molecule has 0 unspecified atom stereocenters. The van der Waals surface area contributed by atoms with Crippen LogP contribution in [-0.2, 0) is 6.54 Å². The highest BCUT2D eigenvalue weighted by Gasteiger charge is 2.27. The molecule has 0 saturated carbocycles. The Morgan fingerprint density at radius 2 is 2.19 bits per heavy atom. The first kappa shape index (κ1) is 10.2.